The van der Waals surface area contributed by atoms with Gasteiger partial charge in [0.05, 0.1) is 33.1 Å². The van der Waals surface area contributed by atoms with Gasteiger partial charge in [-0.2, -0.15) is 0 Å². The number of aromatic nitrogens is 3. The van der Waals surface area contributed by atoms with Crippen LogP contribution in [-0.4, -0.2) is 71.7 Å². The van der Waals surface area contributed by atoms with Gasteiger partial charge in [0, 0.05) is 25.6 Å². The molecule has 1 saturated heterocycles. The molecule has 0 bridgehead atoms. The van der Waals surface area contributed by atoms with Crippen LogP contribution in [0.3, 0.4) is 0 Å². The first-order valence-corrected chi connectivity index (χ1v) is 11.3. The molecule has 27 heavy (non-hydrogen) atoms. The molecule has 0 radical (unpaired) electrons. The predicted molar refractivity (Wildman–Crippen MR) is 106 cm³/mol. The Morgan fingerprint density at radius 3 is 2.56 bits per heavy atom. The standard InChI is InChI=1S/C19H33N5O2S/c1-4-16(22(2)3)18-20-21-19(24(18)15-8-6-5-7-9-15)27-14-17(25)23-10-12-26-13-11-23/h15-16H,4-14H2,1-3H3/p+1/t16-/m0/s1. The molecule has 1 N–H and O–H groups in total. The molecule has 152 valence electrons. The molecular weight excluding hydrogens is 362 g/mol. The summed E-state index contributed by atoms with van der Waals surface area (Å²) >= 11 is 1.55. The lowest BCUT2D eigenvalue weighted by molar-refractivity contribution is -0.893. The van der Waals surface area contributed by atoms with E-state index in [4.69, 9.17) is 4.74 Å². The largest absolute Gasteiger partial charge is 0.378 e. The molecule has 3 rings (SSSR count). The van der Waals surface area contributed by atoms with E-state index in [0.717, 1.165) is 17.4 Å². The summed E-state index contributed by atoms with van der Waals surface area (Å²) in [5.41, 5.74) is 0. The van der Waals surface area contributed by atoms with Crippen molar-refractivity contribution in [3.63, 3.8) is 0 Å². The average Bonchev–Trinajstić information content (AvgIpc) is 3.11. The van der Waals surface area contributed by atoms with Crippen molar-refractivity contribution in [1.29, 1.82) is 0 Å². The highest BCUT2D eigenvalue weighted by Crippen LogP contribution is 2.34. The average molecular weight is 397 g/mol. The summed E-state index contributed by atoms with van der Waals surface area (Å²) in [7, 11) is 4.37. The number of nitrogens with zero attached hydrogens (tertiary/aromatic N) is 4. The van der Waals surface area contributed by atoms with Crippen LogP contribution in [0.5, 0.6) is 0 Å². The number of morpholine rings is 1. The number of carbonyl (C=O) groups excluding carboxylic acids is 1. The molecule has 0 spiro atoms. The first kappa shape index (κ1) is 20.6. The molecule has 2 aliphatic rings. The van der Waals surface area contributed by atoms with Crippen molar-refractivity contribution in [3.05, 3.63) is 5.82 Å². The number of hydrogen-bond donors (Lipinski definition) is 1. The van der Waals surface area contributed by atoms with Crippen LogP contribution in [0.2, 0.25) is 0 Å². The molecule has 0 aromatic carbocycles. The minimum Gasteiger partial charge on any atom is -0.378 e. The predicted octanol–water partition coefficient (Wildman–Crippen LogP) is 1.33. The molecule has 1 aliphatic heterocycles. The van der Waals surface area contributed by atoms with Crippen molar-refractivity contribution in [3.8, 4) is 0 Å². The highest BCUT2D eigenvalue weighted by atomic mass is 32.2. The van der Waals surface area contributed by atoms with E-state index < -0.39 is 0 Å². The summed E-state index contributed by atoms with van der Waals surface area (Å²) in [4.78, 5) is 15.8. The Bertz CT molecular complexity index is 609. The van der Waals surface area contributed by atoms with Crippen LogP contribution in [0.1, 0.15) is 63.4 Å². The Labute approximate surface area is 166 Å². The smallest absolute Gasteiger partial charge is 0.233 e. The fourth-order valence-electron chi connectivity index (χ4n) is 4.19. The van der Waals surface area contributed by atoms with E-state index in [1.54, 1.807) is 11.8 Å². The van der Waals surface area contributed by atoms with Gasteiger partial charge in [0.15, 0.2) is 11.0 Å². The van der Waals surface area contributed by atoms with Crippen LogP contribution in [0, 0.1) is 0 Å². The second-order valence-electron chi connectivity index (χ2n) is 7.82. The lowest BCUT2D eigenvalue weighted by Crippen LogP contribution is -3.06. The van der Waals surface area contributed by atoms with Gasteiger partial charge in [-0.05, 0) is 12.8 Å². The normalized spacial score (nSPS) is 20.2. The fraction of sp³-hybridized carbons (Fsp3) is 0.842. The maximum absolute atomic E-state index is 12.6. The van der Waals surface area contributed by atoms with Crippen molar-refractivity contribution < 1.29 is 14.4 Å². The van der Waals surface area contributed by atoms with Crippen LogP contribution in [0.4, 0.5) is 0 Å². The van der Waals surface area contributed by atoms with Gasteiger partial charge in [0.1, 0.15) is 6.04 Å². The van der Waals surface area contributed by atoms with Gasteiger partial charge >= 0.3 is 0 Å². The molecule has 1 atom stereocenters. The summed E-state index contributed by atoms with van der Waals surface area (Å²) in [5, 5.41) is 10.0. The Morgan fingerprint density at radius 2 is 1.93 bits per heavy atom. The van der Waals surface area contributed by atoms with Gasteiger partial charge in [-0.3, -0.25) is 9.36 Å². The van der Waals surface area contributed by atoms with Crippen LogP contribution in [0.15, 0.2) is 5.16 Å². The zero-order valence-corrected chi connectivity index (χ0v) is 17.8. The molecule has 2 fully saturated rings. The minimum absolute atomic E-state index is 0.174. The number of quaternary nitrogens is 1. The van der Waals surface area contributed by atoms with E-state index in [-0.39, 0.29) is 5.91 Å². The third-order valence-corrected chi connectivity index (χ3v) is 6.66. The topological polar surface area (TPSA) is 64.7 Å². The van der Waals surface area contributed by atoms with E-state index in [2.05, 4.69) is 35.8 Å². The zero-order chi connectivity index (χ0) is 19.2. The number of ether oxygens (including phenoxy) is 1. The summed E-state index contributed by atoms with van der Waals surface area (Å²) in [6.45, 7) is 4.89. The van der Waals surface area contributed by atoms with Gasteiger partial charge in [-0.15, -0.1) is 10.2 Å². The van der Waals surface area contributed by atoms with Gasteiger partial charge in [-0.25, -0.2) is 0 Å². The first-order chi connectivity index (χ1) is 13.1. The van der Waals surface area contributed by atoms with Crippen LogP contribution >= 0.6 is 11.8 Å². The Balaban J connectivity index is 1.76. The SMILES string of the molecule is CC[C@@H](c1nnc(SCC(=O)N2CCOCC2)n1C1CCCCC1)[NH+](C)C. The molecule has 8 heteroatoms. The molecule has 0 unspecified atom stereocenters. The maximum Gasteiger partial charge on any atom is 0.233 e. The number of hydrogen-bond acceptors (Lipinski definition) is 5. The summed E-state index contributed by atoms with van der Waals surface area (Å²) in [6.07, 6.45) is 7.27. The van der Waals surface area contributed by atoms with Gasteiger partial charge in [-0.1, -0.05) is 37.9 Å². The third kappa shape index (κ3) is 5.03. The fourth-order valence-corrected chi connectivity index (χ4v) is 5.10. The molecule has 1 aromatic heterocycles. The van der Waals surface area contributed by atoms with Crippen molar-refractivity contribution in [1.82, 2.24) is 19.7 Å². The number of carbonyl (C=O) groups is 1. The van der Waals surface area contributed by atoms with Crippen molar-refractivity contribution in [2.24, 2.45) is 0 Å². The number of thioether (sulfide) groups is 1. The van der Waals surface area contributed by atoms with E-state index in [1.807, 2.05) is 4.90 Å². The maximum atomic E-state index is 12.6. The Hall–Kier alpha value is -1.12. The molecule has 1 amide bonds. The monoisotopic (exact) mass is 396 g/mol. The second kappa shape index (κ2) is 9.89. The van der Waals surface area contributed by atoms with E-state index in [9.17, 15) is 4.79 Å². The van der Waals surface area contributed by atoms with Gasteiger partial charge in [0.25, 0.3) is 0 Å². The van der Waals surface area contributed by atoms with E-state index in [0.29, 0.717) is 44.1 Å². The second-order valence-corrected chi connectivity index (χ2v) is 8.77. The van der Waals surface area contributed by atoms with Crippen molar-refractivity contribution >= 4 is 17.7 Å². The Morgan fingerprint density at radius 1 is 1.22 bits per heavy atom. The van der Waals surface area contributed by atoms with E-state index in [1.165, 1.54) is 37.0 Å². The van der Waals surface area contributed by atoms with Crippen LogP contribution in [-0.2, 0) is 9.53 Å². The molecule has 1 aromatic rings. The summed E-state index contributed by atoms with van der Waals surface area (Å²) < 4.78 is 7.72. The van der Waals surface area contributed by atoms with Gasteiger partial charge in [0.2, 0.25) is 5.91 Å². The van der Waals surface area contributed by atoms with Gasteiger partial charge < -0.3 is 14.5 Å². The number of nitrogens with one attached hydrogen (secondary N) is 1. The molecule has 2 heterocycles. The van der Waals surface area contributed by atoms with Crippen LogP contribution < -0.4 is 4.90 Å². The molecule has 1 aliphatic carbocycles. The minimum atomic E-state index is 0.174. The summed E-state index contributed by atoms with van der Waals surface area (Å²) in [6, 6.07) is 0.807. The highest BCUT2D eigenvalue weighted by molar-refractivity contribution is 7.99. The zero-order valence-electron chi connectivity index (χ0n) is 16.9. The number of rotatable bonds is 7. The number of amides is 1. The van der Waals surface area contributed by atoms with E-state index >= 15 is 0 Å². The van der Waals surface area contributed by atoms with Crippen molar-refractivity contribution in [2.75, 3.05) is 46.2 Å². The third-order valence-electron chi connectivity index (χ3n) is 5.74. The molecule has 1 saturated carbocycles. The first-order valence-electron chi connectivity index (χ1n) is 10.3. The highest BCUT2D eigenvalue weighted by Gasteiger charge is 2.30. The Kier molecular flexibility index (Phi) is 7.55. The molecular formula is C19H34N5O2S+. The summed E-state index contributed by atoms with van der Waals surface area (Å²) in [5.74, 6) is 1.69. The lowest BCUT2D eigenvalue weighted by Gasteiger charge is -2.29. The molecule has 7 nitrogen and oxygen atoms in total. The van der Waals surface area contributed by atoms with Crippen molar-refractivity contribution in [2.45, 2.75) is 62.7 Å². The quantitative estimate of drug-likeness (QED) is 0.705. The lowest BCUT2D eigenvalue weighted by atomic mass is 9.95. The van der Waals surface area contributed by atoms with Crippen LogP contribution in [0.25, 0.3) is 0 Å².